The van der Waals surface area contributed by atoms with Gasteiger partial charge in [0.05, 0.1) is 18.3 Å². The lowest BCUT2D eigenvalue weighted by molar-refractivity contribution is 0.342. The average Bonchev–Trinajstić information content (AvgIpc) is 2.70. The molecule has 0 saturated carbocycles. The number of pyridine rings is 1. The number of hydrogen-bond acceptors (Lipinski definition) is 5. The van der Waals surface area contributed by atoms with Crippen LogP contribution >= 0.6 is 0 Å². The van der Waals surface area contributed by atoms with E-state index < -0.39 is 0 Å². The molecule has 0 bridgehead atoms. The van der Waals surface area contributed by atoms with Crippen molar-refractivity contribution in [3.63, 3.8) is 0 Å². The quantitative estimate of drug-likeness (QED) is 0.339. The Bertz CT molecular complexity index is 850. The zero-order chi connectivity index (χ0) is 18.0. The molecule has 0 fully saturated rings. The molecule has 0 atom stereocenters. The van der Waals surface area contributed by atoms with Crippen molar-refractivity contribution < 1.29 is 9.57 Å². The summed E-state index contributed by atoms with van der Waals surface area (Å²) in [6.45, 7) is 0.867. The number of fused-ring (bicyclic) bond motifs is 1. The Balaban J connectivity index is 1.43. The summed E-state index contributed by atoms with van der Waals surface area (Å²) >= 11 is 0. The largest absolute Gasteiger partial charge is 0.497 e. The summed E-state index contributed by atoms with van der Waals surface area (Å²) in [4.78, 5) is 9.76. The number of anilines is 1. The molecule has 5 nitrogen and oxygen atoms in total. The van der Waals surface area contributed by atoms with E-state index in [4.69, 9.17) is 9.57 Å². The number of unbranched alkanes of at least 4 members (excludes halogenated alkanes) is 2. The van der Waals surface area contributed by atoms with Gasteiger partial charge in [0.1, 0.15) is 5.75 Å². The van der Waals surface area contributed by atoms with Gasteiger partial charge in [-0.25, -0.2) is 0 Å². The number of para-hydroxylation sites is 1. The van der Waals surface area contributed by atoms with Crippen molar-refractivity contribution in [2.75, 3.05) is 19.0 Å². The Kier molecular flexibility index (Phi) is 6.42. The van der Waals surface area contributed by atoms with Crippen LogP contribution < -0.4 is 14.9 Å². The highest BCUT2D eigenvalue weighted by Crippen LogP contribution is 2.27. The van der Waals surface area contributed by atoms with E-state index in [1.54, 1.807) is 7.11 Å². The standard InChI is InChI=1S/C21H23N3O2/c1-25-19-15-17-9-8-13-23-21(17)20(16-19)22-12-6-3-7-14-24-26-18-10-4-2-5-11-18/h2,4-5,8-11,13-16,22H,3,6-7,12H2,1H3/b24-14+. The van der Waals surface area contributed by atoms with E-state index in [-0.39, 0.29) is 0 Å². The first-order chi connectivity index (χ1) is 12.9. The molecule has 0 saturated heterocycles. The molecule has 0 aliphatic rings. The molecule has 0 aliphatic carbocycles. The fourth-order valence-corrected chi connectivity index (χ4v) is 2.63. The van der Waals surface area contributed by atoms with E-state index in [9.17, 15) is 0 Å². The SMILES string of the molecule is COc1cc(NCCCC/C=N/Oc2ccccc2)c2ncccc2c1. The van der Waals surface area contributed by atoms with E-state index in [0.29, 0.717) is 0 Å². The molecule has 5 heteroatoms. The highest BCUT2D eigenvalue weighted by Gasteiger charge is 2.05. The van der Waals surface area contributed by atoms with E-state index >= 15 is 0 Å². The van der Waals surface area contributed by atoms with Crippen molar-refractivity contribution in [2.45, 2.75) is 19.3 Å². The summed E-state index contributed by atoms with van der Waals surface area (Å²) in [5.74, 6) is 1.58. The molecule has 3 aromatic rings. The van der Waals surface area contributed by atoms with Gasteiger partial charge in [-0.3, -0.25) is 4.98 Å². The normalized spacial score (nSPS) is 11.0. The minimum atomic E-state index is 0.753. The Hall–Kier alpha value is -3.08. The lowest BCUT2D eigenvalue weighted by atomic mass is 10.1. The summed E-state index contributed by atoms with van der Waals surface area (Å²) in [7, 11) is 1.68. The third-order valence-corrected chi connectivity index (χ3v) is 3.97. The summed E-state index contributed by atoms with van der Waals surface area (Å²) < 4.78 is 5.37. The van der Waals surface area contributed by atoms with Gasteiger partial charge in [-0.1, -0.05) is 29.4 Å². The predicted octanol–water partition coefficient (Wildman–Crippen LogP) is 4.89. The monoisotopic (exact) mass is 349 g/mol. The van der Waals surface area contributed by atoms with Crippen LogP contribution in [0.15, 0.2) is 65.9 Å². The molecule has 0 aliphatic heterocycles. The lowest BCUT2D eigenvalue weighted by Crippen LogP contribution is -2.03. The van der Waals surface area contributed by atoms with Crippen LogP contribution in [0.3, 0.4) is 0 Å². The Morgan fingerprint density at radius 2 is 1.92 bits per heavy atom. The second-order valence-electron chi connectivity index (χ2n) is 5.86. The fourth-order valence-electron chi connectivity index (χ4n) is 2.63. The van der Waals surface area contributed by atoms with Gasteiger partial charge < -0.3 is 14.9 Å². The maximum atomic E-state index is 5.37. The average molecular weight is 349 g/mol. The molecule has 0 spiro atoms. The zero-order valence-corrected chi connectivity index (χ0v) is 14.9. The van der Waals surface area contributed by atoms with Crippen LogP contribution in [-0.4, -0.2) is 24.9 Å². The number of oxime groups is 1. The van der Waals surface area contributed by atoms with Gasteiger partial charge in [0, 0.05) is 30.4 Å². The smallest absolute Gasteiger partial charge is 0.157 e. The number of hydrogen-bond donors (Lipinski definition) is 1. The Labute approximate surface area is 153 Å². The molecular weight excluding hydrogens is 326 g/mol. The molecule has 1 heterocycles. The van der Waals surface area contributed by atoms with Crippen molar-refractivity contribution in [2.24, 2.45) is 5.16 Å². The molecule has 0 radical (unpaired) electrons. The topological polar surface area (TPSA) is 55.7 Å². The van der Waals surface area contributed by atoms with Gasteiger partial charge in [0.15, 0.2) is 5.75 Å². The third-order valence-electron chi connectivity index (χ3n) is 3.97. The Morgan fingerprint density at radius 1 is 1.04 bits per heavy atom. The molecule has 1 N–H and O–H groups in total. The number of nitrogens with one attached hydrogen (secondary N) is 1. The van der Waals surface area contributed by atoms with Crippen molar-refractivity contribution in [3.8, 4) is 11.5 Å². The summed E-state index contributed by atoms with van der Waals surface area (Å²) in [6.07, 6.45) is 6.57. The minimum absolute atomic E-state index is 0.753. The zero-order valence-electron chi connectivity index (χ0n) is 14.9. The molecule has 134 valence electrons. The van der Waals surface area contributed by atoms with E-state index in [0.717, 1.165) is 53.9 Å². The fraction of sp³-hybridized carbons (Fsp3) is 0.238. The van der Waals surface area contributed by atoms with Crippen molar-refractivity contribution >= 4 is 22.8 Å². The maximum absolute atomic E-state index is 5.37. The molecular formula is C21H23N3O2. The summed E-state index contributed by atoms with van der Waals surface area (Å²) in [5, 5.41) is 8.52. The lowest BCUT2D eigenvalue weighted by Gasteiger charge is -2.11. The number of nitrogens with zero attached hydrogens (tertiary/aromatic N) is 2. The van der Waals surface area contributed by atoms with Gasteiger partial charge in [-0.2, -0.15) is 0 Å². The molecule has 3 rings (SSSR count). The van der Waals surface area contributed by atoms with Crippen LogP contribution in [0.2, 0.25) is 0 Å². The number of aromatic nitrogens is 1. The van der Waals surface area contributed by atoms with E-state index in [1.165, 1.54) is 0 Å². The van der Waals surface area contributed by atoms with Crippen LogP contribution in [0.25, 0.3) is 10.9 Å². The van der Waals surface area contributed by atoms with Gasteiger partial charge in [-0.15, -0.1) is 0 Å². The molecule has 2 aromatic carbocycles. The number of ether oxygens (including phenoxy) is 1. The van der Waals surface area contributed by atoms with Crippen molar-refractivity contribution in [3.05, 3.63) is 60.8 Å². The van der Waals surface area contributed by atoms with Crippen LogP contribution in [0.5, 0.6) is 11.5 Å². The van der Waals surface area contributed by atoms with Gasteiger partial charge >= 0.3 is 0 Å². The minimum Gasteiger partial charge on any atom is -0.497 e. The highest BCUT2D eigenvalue weighted by atomic mass is 16.6. The Morgan fingerprint density at radius 3 is 2.77 bits per heavy atom. The van der Waals surface area contributed by atoms with Crippen LogP contribution in [0.4, 0.5) is 5.69 Å². The summed E-state index contributed by atoms with van der Waals surface area (Å²) in [6, 6.07) is 17.5. The van der Waals surface area contributed by atoms with Crippen molar-refractivity contribution in [1.29, 1.82) is 0 Å². The second kappa shape index (κ2) is 9.42. The van der Waals surface area contributed by atoms with Crippen LogP contribution in [-0.2, 0) is 0 Å². The first kappa shape index (κ1) is 17.7. The second-order valence-corrected chi connectivity index (χ2v) is 5.86. The third kappa shape index (κ3) is 4.96. The van der Waals surface area contributed by atoms with Crippen LogP contribution in [0, 0.1) is 0 Å². The maximum Gasteiger partial charge on any atom is 0.157 e. The predicted molar refractivity (Wildman–Crippen MR) is 106 cm³/mol. The molecule has 1 aromatic heterocycles. The first-order valence-corrected chi connectivity index (χ1v) is 8.77. The number of methoxy groups -OCH3 is 1. The van der Waals surface area contributed by atoms with E-state index in [2.05, 4.69) is 15.5 Å². The molecule has 0 unspecified atom stereocenters. The van der Waals surface area contributed by atoms with Gasteiger partial charge in [0.25, 0.3) is 0 Å². The molecule has 0 amide bonds. The highest BCUT2D eigenvalue weighted by molar-refractivity contribution is 5.91. The summed E-state index contributed by atoms with van der Waals surface area (Å²) in [5.41, 5.74) is 1.96. The van der Waals surface area contributed by atoms with Crippen molar-refractivity contribution in [1.82, 2.24) is 4.98 Å². The van der Waals surface area contributed by atoms with Gasteiger partial charge in [-0.05, 0) is 43.5 Å². The van der Waals surface area contributed by atoms with Crippen LogP contribution in [0.1, 0.15) is 19.3 Å². The number of rotatable bonds is 9. The molecule has 26 heavy (non-hydrogen) atoms. The van der Waals surface area contributed by atoms with Gasteiger partial charge in [0.2, 0.25) is 0 Å². The van der Waals surface area contributed by atoms with E-state index in [1.807, 2.05) is 67.0 Å². The number of benzene rings is 2. The first-order valence-electron chi connectivity index (χ1n) is 8.77.